The van der Waals surface area contributed by atoms with Crippen molar-refractivity contribution in [2.24, 2.45) is 5.92 Å². The Morgan fingerprint density at radius 3 is 1.71 bits per heavy atom. The molecule has 0 fully saturated rings. The van der Waals surface area contributed by atoms with Crippen molar-refractivity contribution in [3.05, 3.63) is 84.0 Å². The van der Waals surface area contributed by atoms with E-state index in [0.29, 0.717) is 24.5 Å². The summed E-state index contributed by atoms with van der Waals surface area (Å²) in [7, 11) is -4.06. The topological polar surface area (TPSA) is 106 Å². The summed E-state index contributed by atoms with van der Waals surface area (Å²) in [5.74, 6) is -60.3. The average molecular weight is 1050 g/mol. The van der Waals surface area contributed by atoms with E-state index in [1.165, 1.54) is 69.6 Å². The summed E-state index contributed by atoms with van der Waals surface area (Å²) >= 11 is 0. The quantitative estimate of drug-likeness (QED) is 0.0174. The molecular formula is C41H45F19N2O6Si. The molecule has 8 nitrogen and oxygen atoms in total. The van der Waals surface area contributed by atoms with Crippen molar-refractivity contribution >= 4 is 26.0 Å². The minimum absolute atomic E-state index is 0.0549. The van der Waals surface area contributed by atoms with Crippen molar-refractivity contribution in [3.8, 4) is 5.75 Å². The van der Waals surface area contributed by atoms with Gasteiger partial charge in [-0.2, -0.15) is 74.6 Å². The highest BCUT2D eigenvalue weighted by molar-refractivity contribution is 6.76. The van der Waals surface area contributed by atoms with Gasteiger partial charge in [-0.15, -0.1) is 0 Å². The van der Waals surface area contributed by atoms with Gasteiger partial charge in [0.1, 0.15) is 30.1 Å². The number of allylic oxidation sites excluding steroid dienone is 3. The minimum Gasteiger partial charge on any atom is -0.491 e. The summed E-state index contributed by atoms with van der Waals surface area (Å²) in [4.78, 5) is 24.0. The van der Waals surface area contributed by atoms with Gasteiger partial charge in [0, 0.05) is 18.6 Å². The second-order valence-corrected chi connectivity index (χ2v) is 21.1. The van der Waals surface area contributed by atoms with Crippen molar-refractivity contribution in [2.45, 2.75) is 125 Å². The second-order valence-electron chi connectivity index (χ2n) is 16.1. The van der Waals surface area contributed by atoms with E-state index >= 15 is 8.78 Å². The highest BCUT2D eigenvalue weighted by Crippen LogP contribution is 2.64. The summed E-state index contributed by atoms with van der Waals surface area (Å²) in [6, 6.07) is 6.46. The smallest absolute Gasteiger partial charge is 0.460 e. The number of ether oxygens (including phenoxy) is 2. The lowest BCUT2D eigenvalue weighted by Crippen LogP contribution is -2.74. The Morgan fingerprint density at radius 1 is 0.696 bits per heavy atom. The van der Waals surface area contributed by atoms with E-state index in [1.807, 2.05) is 0 Å². The lowest BCUT2D eigenvalue weighted by Gasteiger charge is -2.44. The van der Waals surface area contributed by atoms with E-state index in [2.05, 4.69) is 5.32 Å². The number of carbonyl (C=O) groups excluding carboxylic acids is 2. The molecular weight excluding hydrogens is 1010 g/mol. The SMILES string of the molecule is CC(C)[Si](CCC(F)(F)C(F)(F)C(F)(F)C(F)(F)C(F)(F)C(F)(F)C(F)(F)C(F)(F)F)(OCCOc1ccc([C@@H](OC(=O)Nc2ccc(F)cc2F)[C@@H](C)CC/C=C/C=C/C(=O)NO)cc1)C(C)C. The number of carbonyl (C=O) groups is 2. The summed E-state index contributed by atoms with van der Waals surface area (Å²) in [5.41, 5.74) is -0.548. The number of alkyl halides is 17. The van der Waals surface area contributed by atoms with Gasteiger partial charge in [0.25, 0.3) is 5.91 Å². The Morgan fingerprint density at radius 2 is 1.22 bits per heavy atom. The molecule has 0 aliphatic heterocycles. The summed E-state index contributed by atoms with van der Waals surface area (Å²) in [6.07, 6.45) is -6.54. The zero-order valence-corrected chi connectivity index (χ0v) is 37.6. The molecule has 2 aromatic carbocycles. The number of halogens is 19. The van der Waals surface area contributed by atoms with Gasteiger partial charge in [0.15, 0.2) is 8.32 Å². The van der Waals surface area contributed by atoms with Crippen LogP contribution in [0.5, 0.6) is 5.75 Å². The molecule has 0 spiro atoms. The highest BCUT2D eigenvalue weighted by atomic mass is 28.4. The second kappa shape index (κ2) is 22.6. The van der Waals surface area contributed by atoms with Crippen LogP contribution in [0.3, 0.4) is 0 Å². The number of rotatable bonds is 25. The first-order valence-corrected chi connectivity index (χ1v) is 22.4. The van der Waals surface area contributed by atoms with Gasteiger partial charge in [-0.3, -0.25) is 15.3 Å². The average Bonchev–Trinajstić information content (AvgIpc) is 3.23. The van der Waals surface area contributed by atoms with Crippen molar-refractivity contribution in [2.75, 3.05) is 18.5 Å². The molecule has 28 heteroatoms. The van der Waals surface area contributed by atoms with Gasteiger partial charge in [-0.25, -0.2) is 19.1 Å². The van der Waals surface area contributed by atoms with E-state index < -0.39 is 134 Å². The third-order valence-corrected chi connectivity index (χ3v) is 16.5. The number of benzene rings is 2. The van der Waals surface area contributed by atoms with Crippen LogP contribution >= 0.6 is 0 Å². The number of hydroxylamine groups is 1. The fraction of sp³-hybridized carbons (Fsp3) is 0.561. The molecule has 69 heavy (non-hydrogen) atoms. The van der Waals surface area contributed by atoms with Gasteiger partial charge < -0.3 is 13.9 Å². The maximum atomic E-state index is 15.0. The van der Waals surface area contributed by atoms with E-state index in [9.17, 15) is 84.2 Å². The van der Waals surface area contributed by atoms with E-state index in [-0.39, 0.29) is 5.75 Å². The van der Waals surface area contributed by atoms with Crippen LogP contribution in [0.25, 0.3) is 0 Å². The molecule has 0 aliphatic rings. The van der Waals surface area contributed by atoms with Gasteiger partial charge in [0.2, 0.25) is 0 Å². The van der Waals surface area contributed by atoms with Crippen molar-refractivity contribution < 1.29 is 112 Å². The maximum Gasteiger partial charge on any atom is 0.460 e. The largest absolute Gasteiger partial charge is 0.491 e. The normalized spacial score (nSPS) is 15.0. The zero-order valence-electron chi connectivity index (χ0n) is 36.6. The van der Waals surface area contributed by atoms with Crippen LogP contribution in [0.15, 0.2) is 66.8 Å². The predicted molar refractivity (Wildman–Crippen MR) is 210 cm³/mol. The molecule has 0 unspecified atom stereocenters. The molecule has 2 amide bonds. The lowest BCUT2D eigenvalue weighted by molar-refractivity contribution is -0.461. The Hall–Kier alpha value is -4.73. The molecule has 0 aromatic heterocycles. The molecule has 2 rings (SSSR count). The number of hydrogen-bond donors (Lipinski definition) is 3. The Bertz CT molecular complexity index is 2080. The van der Waals surface area contributed by atoms with Gasteiger partial charge in [-0.05, 0) is 65.7 Å². The highest BCUT2D eigenvalue weighted by Gasteiger charge is 2.95. The molecule has 0 heterocycles. The molecule has 0 saturated heterocycles. The molecule has 0 aliphatic carbocycles. The number of hydrogen-bond acceptors (Lipinski definition) is 6. The van der Waals surface area contributed by atoms with Crippen molar-refractivity contribution in [3.63, 3.8) is 0 Å². The first-order chi connectivity index (χ1) is 31.3. The van der Waals surface area contributed by atoms with Gasteiger partial charge in [-0.1, -0.05) is 65.0 Å². The van der Waals surface area contributed by atoms with E-state index in [1.54, 1.807) is 13.0 Å². The van der Waals surface area contributed by atoms with Crippen LogP contribution in [-0.2, 0) is 14.0 Å². The molecule has 2 aromatic rings. The Balaban J connectivity index is 2.30. The molecule has 2 atom stereocenters. The molecule has 0 radical (unpaired) electrons. The summed E-state index contributed by atoms with van der Waals surface area (Å²) in [6.45, 7) is 5.77. The zero-order chi connectivity index (χ0) is 53.4. The van der Waals surface area contributed by atoms with Crippen LogP contribution in [0.2, 0.25) is 17.1 Å². The summed E-state index contributed by atoms with van der Waals surface area (Å²) in [5, 5.41) is 10.7. The molecule has 3 N–H and O–H groups in total. The molecule has 0 saturated carbocycles. The first-order valence-electron chi connectivity index (χ1n) is 20.1. The number of anilines is 1. The predicted octanol–water partition coefficient (Wildman–Crippen LogP) is 13.8. The van der Waals surface area contributed by atoms with Gasteiger partial charge >= 0.3 is 53.7 Å². The Labute approximate surface area is 382 Å². The third-order valence-electron chi connectivity index (χ3n) is 10.8. The van der Waals surface area contributed by atoms with E-state index in [4.69, 9.17) is 19.1 Å². The van der Waals surface area contributed by atoms with E-state index in [0.717, 1.165) is 18.2 Å². The fourth-order valence-electron chi connectivity index (χ4n) is 6.72. The van der Waals surface area contributed by atoms with Crippen LogP contribution in [0.4, 0.5) is 93.9 Å². The summed E-state index contributed by atoms with van der Waals surface area (Å²) < 4.78 is 281. The van der Waals surface area contributed by atoms with Crippen LogP contribution in [-0.4, -0.2) is 86.4 Å². The standard InChI is InChI=1S/C41H45F19N2O6Si/c1-23(2)69(24(3)4,21-18-34(44,45)35(46,47)36(48,49)37(50,51)38(52,53)39(54,55)40(56,57)41(58,59)60)67-20-19-66-28-15-12-26(13-16-28)32(25(5)10-8-6-7-9-11-31(63)62-65)68-33(64)61-30-17-14-27(42)22-29(30)43/h6-7,9,11-17,22-25,32,65H,8,10,18-21H2,1-5H3,(H,61,64)(H,62,63)/b7-6+,11-9+/t25-,32-/m0/s1. The first kappa shape index (κ1) is 60.4. The minimum atomic E-state index is -8.72. The van der Waals surface area contributed by atoms with Crippen LogP contribution in [0.1, 0.15) is 65.5 Å². The van der Waals surface area contributed by atoms with Crippen molar-refractivity contribution in [1.82, 2.24) is 5.48 Å². The monoisotopic (exact) mass is 1050 g/mol. The molecule has 392 valence electrons. The van der Waals surface area contributed by atoms with Crippen LogP contribution < -0.4 is 15.5 Å². The number of amides is 2. The lowest BCUT2D eigenvalue weighted by atomic mass is 9.88. The molecule has 0 bridgehead atoms. The van der Waals surface area contributed by atoms with Gasteiger partial charge in [0.05, 0.1) is 12.3 Å². The number of nitrogens with one attached hydrogen (secondary N) is 2. The fourth-order valence-corrected chi connectivity index (χ4v) is 11.2. The van der Waals surface area contributed by atoms with Crippen LogP contribution in [0, 0.1) is 17.6 Å². The van der Waals surface area contributed by atoms with Crippen molar-refractivity contribution in [1.29, 1.82) is 0 Å². The third kappa shape index (κ3) is 13.0. The maximum absolute atomic E-state index is 15.0. The Kier molecular flexibility index (Phi) is 19.7.